The average molecular weight is 184 g/mol. The van der Waals surface area contributed by atoms with Crippen LogP contribution in [0.5, 0.6) is 0 Å². The van der Waals surface area contributed by atoms with E-state index in [0.29, 0.717) is 0 Å². The van der Waals surface area contributed by atoms with Crippen LogP contribution in [0.1, 0.15) is 25.7 Å². The second kappa shape index (κ2) is 5.94. The summed E-state index contributed by atoms with van der Waals surface area (Å²) in [6.45, 7) is 2.70. The quantitative estimate of drug-likeness (QED) is 0.519. The molecule has 13 heavy (non-hydrogen) atoms. The van der Waals surface area contributed by atoms with Gasteiger partial charge in [0.1, 0.15) is 5.84 Å². The smallest absolute Gasteiger partial charge is 0.113 e. The van der Waals surface area contributed by atoms with Crippen LogP contribution in [0.4, 0.5) is 0 Å². The normalized spacial score (nSPS) is 19.1. The molecule has 76 valence electrons. The van der Waals surface area contributed by atoms with E-state index in [4.69, 9.17) is 11.5 Å². The minimum absolute atomic E-state index is 0.0897. The number of nitrogens with two attached hydrogens (primary N) is 2. The highest BCUT2D eigenvalue weighted by molar-refractivity contribution is 5.87. The van der Waals surface area contributed by atoms with E-state index in [0.717, 1.165) is 51.2 Å². The van der Waals surface area contributed by atoms with Crippen LogP contribution < -0.4 is 16.8 Å². The van der Waals surface area contributed by atoms with Gasteiger partial charge in [0.25, 0.3) is 0 Å². The molecule has 0 saturated heterocycles. The van der Waals surface area contributed by atoms with Crippen molar-refractivity contribution in [2.45, 2.75) is 31.7 Å². The molecule has 1 unspecified atom stereocenters. The molecule has 0 aliphatic carbocycles. The van der Waals surface area contributed by atoms with E-state index in [2.05, 4.69) is 10.3 Å². The molecule has 0 amide bonds. The highest BCUT2D eigenvalue weighted by Crippen LogP contribution is 2.01. The maximum absolute atomic E-state index is 5.96. The second-order valence-electron chi connectivity index (χ2n) is 3.44. The van der Waals surface area contributed by atoms with E-state index in [9.17, 15) is 0 Å². The molecule has 1 atom stereocenters. The maximum Gasteiger partial charge on any atom is 0.113 e. The Morgan fingerprint density at radius 1 is 1.46 bits per heavy atom. The van der Waals surface area contributed by atoms with Crippen molar-refractivity contribution < 1.29 is 0 Å². The molecule has 4 nitrogen and oxygen atoms in total. The van der Waals surface area contributed by atoms with Gasteiger partial charge in [-0.25, -0.2) is 0 Å². The van der Waals surface area contributed by atoms with Crippen molar-refractivity contribution in [3.05, 3.63) is 0 Å². The van der Waals surface area contributed by atoms with Crippen molar-refractivity contribution in [3.8, 4) is 0 Å². The summed E-state index contributed by atoms with van der Waals surface area (Å²) in [6, 6.07) is 0.0897. The van der Waals surface area contributed by atoms with Crippen molar-refractivity contribution in [2.75, 3.05) is 19.6 Å². The Morgan fingerprint density at radius 2 is 2.31 bits per heavy atom. The lowest BCUT2D eigenvalue weighted by Crippen LogP contribution is -2.43. The summed E-state index contributed by atoms with van der Waals surface area (Å²) in [7, 11) is 0. The van der Waals surface area contributed by atoms with Crippen molar-refractivity contribution in [1.82, 2.24) is 5.32 Å². The van der Waals surface area contributed by atoms with Crippen LogP contribution in [-0.4, -0.2) is 31.5 Å². The molecule has 0 spiro atoms. The number of amidine groups is 1. The summed E-state index contributed by atoms with van der Waals surface area (Å²) >= 11 is 0. The molecule has 0 radical (unpaired) electrons. The SMILES string of the molecule is NCCCCC(N)C1=NCCCN1. The Morgan fingerprint density at radius 3 is 2.92 bits per heavy atom. The van der Waals surface area contributed by atoms with Crippen LogP contribution in [0.25, 0.3) is 0 Å². The summed E-state index contributed by atoms with van der Waals surface area (Å²) in [6.07, 6.45) is 4.27. The first-order chi connectivity index (χ1) is 6.34. The van der Waals surface area contributed by atoms with Gasteiger partial charge >= 0.3 is 0 Å². The zero-order valence-corrected chi connectivity index (χ0v) is 8.13. The van der Waals surface area contributed by atoms with Gasteiger partial charge in [0.05, 0.1) is 6.04 Å². The fourth-order valence-corrected chi connectivity index (χ4v) is 1.44. The standard InChI is InChI=1S/C9H20N4/c10-5-2-1-4-8(11)9-12-6-3-7-13-9/h8H,1-7,10-11H2,(H,12,13). The summed E-state index contributed by atoms with van der Waals surface area (Å²) in [4.78, 5) is 4.36. The highest BCUT2D eigenvalue weighted by atomic mass is 15.0. The van der Waals surface area contributed by atoms with Crippen LogP contribution in [-0.2, 0) is 0 Å². The van der Waals surface area contributed by atoms with Crippen molar-refractivity contribution in [3.63, 3.8) is 0 Å². The molecule has 0 aromatic carbocycles. The van der Waals surface area contributed by atoms with E-state index in [1.807, 2.05) is 0 Å². The largest absolute Gasteiger partial charge is 0.372 e. The molecule has 1 aliphatic heterocycles. The molecule has 1 aliphatic rings. The highest BCUT2D eigenvalue weighted by Gasteiger charge is 2.12. The summed E-state index contributed by atoms with van der Waals surface area (Å²) in [5.74, 6) is 0.989. The van der Waals surface area contributed by atoms with Gasteiger partial charge in [0.2, 0.25) is 0 Å². The van der Waals surface area contributed by atoms with Crippen LogP contribution in [0.2, 0.25) is 0 Å². The predicted octanol–water partition coefficient (Wildman–Crippen LogP) is -0.165. The Bertz CT molecular complexity index is 167. The second-order valence-corrected chi connectivity index (χ2v) is 3.44. The first kappa shape index (κ1) is 10.5. The molecule has 1 rings (SSSR count). The number of rotatable bonds is 5. The van der Waals surface area contributed by atoms with Crippen molar-refractivity contribution >= 4 is 5.84 Å². The molecule has 0 fully saturated rings. The number of hydrogen-bond acceptors (Lipinski definition) is 4. The van der Waals surface area contributed by atoms with Crippen LogP contribution in [0.3, 0.4) is 0 Å². The summed E-state index contributed by atoms with van der Waals surface area (Å²) in [5.41, 5.74) is 11.4. The summed E-state index contributed by atoms with van der Waals surface area (Å²) < 4.78 is 0. The van der Waals surface area contributed by atoms with Gasteiger partial charge in [-0.2, -0.15) is 0 Å². The Hall–Kier alpha value is -0.610. The minimum atomic E-state index is 0.0897. The Labute approximate surface area is 79.8 Å². The molecule has 0 aromatic heterocycles. The van der Waals surface area contributed by atoms with E-state index in [1.165, 1.54) is 0 Å². The molecule has 4 heteroatoms. The first-order valence-electron chi connectivity index (χ1n) is 5.08. The number of unbranched alkanes of at least 4 members (excludes halogenated alkanes) is 1. The van der Waals surface area contributed by atoms with E-state index < -0.39 is 0 Å². The fourth-order valence-electron chi connectivity index (χ4n) is 1.44. The van der Waals surface area contributed by atoms with Gasteiger partial charge in [-0.05, 0) is 25.8 Å². The Kier molecular flexibility index (Phi) is 4.78. The lowest BCUT2D eigenvalue weighted by atomic mass is 10.1. The molecular formula is C9H20N4. The van der Waals surface area contributed by atoms with Gasteiger partial charge in [-0.3, -0.25) is 4.99 Å². The third kappa shape index (κ3) is 3.74. The first-order valence-corrected chi connectivity index (χ1v) is 5.08. The van der Waals surface area contributed by atoms with Crippen molar-refractivity contribution in [1.29, 1.82) is 0 Å². The third-order valence-corrected chi connectivity index (χ3v) is 2.24. The number of nitrogens with zero attached hydrogens (tertiary/aromatic N) is 1. The monoisotopic (exact) mass is 184 g/mol. The molecule has 0 bridgehead atoms. The zero-order valence-electron chi connectivity index (χ0n) is 8.13. The molecule has 5 N–H and O–H groups in total. The predicted molar refractivity (Wildman–Crippen MR) is 55.8 cm³/mol. The van der Waals surface area contributed by atoms with Crippen LogP contribution in [0, 0.1) is 0 Å². The third-order valence-electron chi connectivity index (χ3n) is 2.24. The van der Waals surface area contributed by atoms with Gasteiger partial charge in [0, 0.05) is 13.1 Å². The van der Waals surface area contributed by atoms with Gasteiger partial charge in [0.15, 0.2) is 0 Å². The van der Waals surface area contributed by atoms with Crippen molar-refractivity contribution in [2.24, 2.45) is 16.5 Å². The van der Waals surface area contributed by atoms with Gasteiger partial charge in [-0.15, -0.1) is 0 Å². The maximum atomic E-state index is 5.96. The summed E-state index contributed by atoms with van der Waals surface area (Å²) in [5, 5.41) is 3.24. The number of aliphatic imine (C=N–C) groups is 1. The fraction of sp³-hybridized carbons (Fsp3) is 0.889. The average Bonchev–Trinajstić information content (AvgIpc) is 2.19. The van der Waals surface area contributed by atoms with Gasteiger partial charge < -0.3 is 16.8 Å². The topological polar surface area (TPSA) is 76.4 Å². The van der Waals surface area contributed by atoms with E-state index in [-0.39, 0.29) is 6.04 Å². The van der Waals surface area contributed by atoms with E-state index >= 15 is 0 Å². The molecule has 0 aromatic rings. The lowest BCUT2D eigenvalue weighted by molar-refractivity contribution is 0.623. The van der Waals surface area contributed by atoms with Crippen LogP contribution in [0.15, 0.2) is 4.99 Å². The number of nitrogens with one attached hydrogen (secondary N) is 1. The zero-order chi connectivity index (χ0) is 9.52. The Balaban J connectivity index is 2.21. The molecule has 1 heterocycles. The number of hydrogen-bond donors (Lipinski definition) is 3. The molecule has 0 saturated carbocycles. The van der Waals surface area contributed by atoms with E-state index in [1.54, 1.807) is 0 Å². The van der Waals surface area contributed by atoms with Crippen LogP contribution >= 0.6 is 0 Å². The van der Waals surface area contributed by atoms with Gasteiger partial charge in [-0.1, -0.05) is 6.42 Å². The molecular weight excluding hydrogens is 164 g/mol. The minimum Gasteiger partial charge on any atom is -0.372 e. The lowest BCUT2D eigenvalue weighted by Gasteiger charge is -2.19.